The largest absolute Gasteiger partial charge is 0.459 e. The third kappa shape index (κ3) is 4.21. The fraction of sp³-hybridized carbons (Fsp3) is 0.222. The number of nitrogens with one attached hydrogen (secondary N) is 1. The number of aromatic nitrogens is 1. The second-order valence-corrected chi connectivity index (χ2v) is 7.13. The van der Waals surface area contributed by atoms with Crippen LogP contribution in [0.3, 0.4) is 0 Å². The van der Waals surface area contributed by atoms with Crippen LogP contribution >= 0.6 is 22.9 Å². The fourth-order valence-corrected chi connectivity index (χ4v) is 3.36. The zero-order valence-electron chi connectivity index (χ0n) is 14.2. The van der Waals surface area contributed by atoms with E-state index in [2.05, 4.69) is 10.3 Å². The van der Waals surface area contributed by atoms with Gasteiger partial charge in [0.05, 0.1) is 23.5 Å². The predicted molar refractivity (Wildman–Crippen MR) is 103 cm³/mol. The quantitative estimate of drug-likeness (QED) is 0.707. The average Bonchev–Trinajstić information content (AvgIpc) is 3.15. The molecule has 25 heavy (non-hydrogen) atoms. The zero-order chi connectivity index (χ0) is 18.0. The van der Waals surface area contributed by atoms with E-state index >= 15 is 0 Å². The maximum atomic E-state index is 12.4. The van der Waals surface area contributed by atoms with Crippen LogP contribution in [0.15, 0.2) is 40.1 Å². The Morgan fingerprint density at radius 3 is 2.80 bits per heavy atom. The van der Waals surface area contributed by atoms with E-state index in [1.54, 1.807) is 12.1 Å². The molecule has 0 aliphatic carbocycles. The van der Waals surface area contributed by atoms with Gasteiger partial charge in [-0.25, -0.2) is 4.98 Å². The topological polar surface area (TPSA) is 58.4 Å². The summed E-state index contributed by atoms with van der Waals surface area (Å²) in [5, 5.41) is 6.13. The molecule has 0 fully saturated rings. The van der Waals surface area contributed by atoms with Gasteiger partial charge in [0.25, 0.3) is 0 Å². The Balaban J connectivity index is 1.71. The minimum absolute atomic E-state index is 0.141. The van der Waals surface area contributed by atoms with Crippen LogP contribution in [0.2, 0.25) is 5.02 Å². The fourth-order valence-electron chi connectivity index (χ4n) is 2.41. The molecule has 0 radical (unpaired) electrons. The van der Waals surface area contributed by atoms with Gasteiger partial charge in [-0.3, -0.25) is 4.79 Å². The van der Waals surface area contributed by atoms with Crippen molar-refractivity contribution < 1.29 is 9.21 Å². The minimum Gasteiger partial charge on any atom is -0.459 e. The Labute approximate surface area is 155 Å². The van der Waals surface area contributed by atoms with Crippen LogP contribution in [0.4, 0.5) is 11.4 Å². The molecule has 1 amide bonds. The number of carbonyl (C=O) groups is 1. The number of anilines is 2. The Bertz CT molecular complexity index is 901. The molecule has 7 heteroatoms. The molecule has 2 heterocycles. The maximum Gasteiger partial charge on any atom is 0.230 e. The monoisotopic (exact) mass is 375 g/mol. The van der Waals surface area contributed by atoms with Crippen molar-refractivity contribution in [3.63, 3.8) is 0 Å². The summed E-state index contributed by atoms with van der Waals surface area (Å²) in [5.74, 6) is 1.42. The second-order valence-electron chi connectivity index (χ2n) is 5.84. The lowest BCUT2D eigenvalue weighted by Crippen LogP contribution is -2.18. The Hall–Kier alpha value is -2.31. The van der Waals surface area contributed by atoms with Crippen molar-refractivity contribution in [2.75, 3.05) is 24.3 Å². The number of halogens is 1. The summed E-state index contributed by atoms with van der Waals surface area (Å²) in [6, 6.07) is 9.19. The number of benzene rings is 1. The van der Waals surface area contributed by atoms with E-state index in [1.807, 2.05) is 49.5 Å². The Morgan fingerprint density at radius 2 is 2.12 bits per heavy atom. The Kier molecular flexibility index (Phi) is 5.11. The maximum absolute atomic E-state index is 12.4. The molecule has 130 valence electrons. The minimum atomic E-state index is -0.141. The first-order chi connectivity index (χ1) is 11.9. The van der Waals surface area contributed by atoms with Gasteiger partial charge in [-0.05, 0) is 37.3 Å². The van der Waals surface area contributed by atoms with Crippen LogP contribution in [-0.4, -0.2) is 25.0 Å². The standard InChI is InChI=1S/C18H18ClN3O2S/c1-11-4-7-16(24-11)18-20-13(10-25-18)9-17(23)21-14-8-12(19)5-6-15(14)22(2)3/h4-8,10H,9H2,1-3H3,(H,21,23). The molecule has 0 atom stereocenters. The van der Waals surface area contributed by atoms with Gasteiger partial charge >= 0.3 is 0 Å². The smallest absolute Gasteiger partial charge is 0.230 e. The molecule has 1 aromatic carbocycles. The van der Waals surface area contributed by atoms with E-state index < -0.39 is 0 Å². The summed E-state index contributed by atoms with van der Waals surface area (Å²) >= 11 is 7.51. The van der Waals surface area contributed by atoms with Crippen LogP contribution < -0.4 is 10.2 Å². The number of aryl methyl sites for hydroxylation is 1. The molecule has 2 aromatic heterocycles. The molecule has 1 N–H and O–H groups in total. The molecule has 0 aliphatic rings. The van der Waals surface area contributed by atoms with Crippen molar-refractivity contribution in [1.29, 1.82) is 0 Å². The second kappa shape index (κ2) is 7.29. The molecule has 3 rings (SSSR count). The van der Waals surface area contributed by atoms with E-state index in [0.717, 1.165) is 22.2 Å². The highest BCUT2D eigenvalue weighted by Gasteiger charge is 2.13. The molecule has 0 bridgehead atoms. The number of furan rings is 1. The average molecular weight is 376 g/mol. The SMILES string of the molecule is Cc1ccc(-c2nc(CC(=O)Nc3cc(Cl)ccc3N(C)C)cs2)o1. The van der Waals surface area contributed by atoms with E-state index in [0.29, 0.717) is 16.4 Å². The molecule has 0 spiro atoms. The first-order valence-electron chi connectivity index (χ1n) is 7.70. The molecule has 0 unspecified atom stereocenters. The first kappa shape index (κ1) is 17.5. The van der Waals surface area contributed by atoms with Crippen LogP contribution in [0.1, 0.15) is 11.5 Å². The van der Waals surface area contributed by atoms with Crippen molar-refractivity contribution in [2.45, 2.75) is 13.3 Å². The molecule has 5 nitrogen and oxygen atoms in total. The lowest BCUT2D eigenvalue weighted by Gasteiger charge is -2.18. The highest BCUT2D eigenvalue weighted by molar-refractivity contribution is 7.13. The van der Waals surface area contributed by atoms with Crippen molar-refractivity contribution in [3.05, 3.63) is 52.2 Å². The van der Waals surface area contributed by atoms with Gasteiger partial charge in [0.15, 0.2) is 10.8 Å². The van der Waals surface area contributed by atoms with Crippen molar-refractivity contribution in [2.24, 2.45) is 0 Å². The number of carbonyl (C=O) groups excluding carboxylic acids is 1. The summed E-state index contributed by atoms with van der Waals surface area (Å²) in [7, 11) is 3.83. The normalized spacial score (nSPS) is 10.7. The van der Waals surface area contributed by atoms with Crippen LogP contribution in [0.5, 0.6) is 0 Å². The van der Waals surface area contributed by atoms with Crippen LogP contribution in [-0.2, 0) is 11.2 Å². The summed E-state index contributed by atoms with van der Waals surface area (Å²) in [4.78, 5) is 18.8. The Morgan fingerprint density at radius 1 is 1.32 bits per heavy atom. The van der Waals surface area contributed by atoms with Crippen LogP contribution in [0, 0.1) is 6.92 Å². The van der Waals surface area contributed by atoms with E-state index in [1.165, 1.54) is 11.3 Å². The van der Waals surface area contributed by atoms with Gasteiger partial charge in [-0.2, -0.15) is 0 Å². The lowest BCUT2D eigenvalue weighted by molar-refractivity contribution is -0.115. The van der Waals surface area contributed by atoms with Gasteiger partial charge in [-0.1, -0.05) is 11.6 Å². The molecular formula is C18H18ClN3O2S. The summed E-state index contributed by atoms with van der Waals surface area (Å²) in [5.41, 5.74) is 2.28. The number of hydrogen-bond acceptors (Lipinski definition) is 5. The molecule has 0 saturated heterocycles. The molecular weight excluding hydrogens is 358 g/mol. The highest BCUT2D eigenvalue weighted by atomic mass is 35.5. The van der Waals surface area contributed by atoms with Gasteiger partial charge in [-0.15, -0.1) is 11.3 Å². The number of hydrogen-bond donors (Lipinski definition) is 1. The first-order valence-corrected chi connectivity index (χ1v) is 8.96. The summed E-state index contributed by atoms with van der Waals surface area (Å²) in [6.45, 7) is 1.89. The third-order valence-corrected chi connectivity index (χ3v) is 4.70. The third-order valence-electron chi connectivity index (χ3n) is 3.56. The van der Waals surface area contributed by atoms with E-state index in [9.17, 15) is 4.79 Å². The number of amides is 1. The summed E-state index contributed by atoms with van der Waals surface area (Å²) < 4.78 is 5.57. The molecule has 0 aliphatic heterocycles. The van der Waals surface area contributed by atoms with Crippen molar-refractivity contribution >= 4 is 40.2 Å². The van der Waals surface area contributed by atoms with E-state index in [-0.39, 0.29) is 12.3 Å². The van der Waals surface area contributed by atoms with Crippen molar-refractivity contribution in [1.82, 2.24) is 4.98 Å². The number of thiazole rings is 1. The van der Waals surface area contributed by atoms with Crippen LogP contribution in [0.25, 0.3) is 10.8 Å². The van der Waals surface area contributed by atoms with Gasteiger partial charge in [0.2, 0.25) is 5.91 Å². The van der Waals surface area contributed by atoms with Gasteiger partial charge in [0, 0.05) is 24.5 Å². The molecule has 0 saturated carbocycles. The van der Waals surface area contributed by atoms with Gasteiger partial charge in [0.1, 0.15) is 5.76 Å². The number of nitrogens with zero attached hydrogens (tertiary/aromatic N) is 2. The van der Waals surface area contributed by atoms with E-state index in [4.69, 9.17) is 16.0 Å². The van der Waals surface area contributed by atoms with Crippen molar-refractivity contribution in [3.8, 4) is 10.8 Å². The van der Waals surface area contributed by atoms with Gasteiger partial charge < -0.3 is 14.6 Å². The number of rotatable bonds is 5. The highest BCUT2D eigenvalue weighted by Crippen LogP contribution is 2.29. The zero-order valence-corrected chi connectivity index (χ0v) is 15.7. The molecule has 3 aromatic rings. The predicted octanol–water partition coefficient (Wildman–Crippen LogP) is 4.61. The summed E-state index contributed by atoms with van der Waals surface area (Å²) in [6.07, 6.45) is 0.190. The lowest BCUT2D eigenvalue weighted by atomic mass is 10.2.